The van der Waals surface area contributed by atoms with Crippen molar-refractivity contribution in [2.45, 2.75) is 18.7 Å². The summed E-state index contributed by atoms with van der Waals surface area (Å²) in [5.74, 6) is -0.255. The number of hydrogen-bond acceptors (Lipinski definition) is 2. The lowest BCUT2D eigenvalue weighted by atomic mass is 10.0. The summed E-state index contributed by atoms with van der Waals surface area (Å²) in [7, 11) is 0. The maximum absolute atomic E-state index is 12.0. The zero-order valence-corrected chi connectivity index (χ0v) is 11.4. The summed E-state index contributed by atoms with van der Waals surface area (Å²) in [5, 5.41) is 14.5. The third kappa shape index (κ3) is 3.18. The van der Waals surface area contributed by atoms with Gasteiger partial charge in [-0.15, -0.1) is 11.6 Å². The lowest BCUT2D eigenvalue weighted by molar-refractivity contribution is 0.0951. The number of carbonyl (C=O) groups excluding carboxylic acids is 1. The van der Waals surface area contributed by atoms with Crippen molar-refractivity contribution < 1.29 is 9.90 Å². The number of amides is 1. The van der Waals surface area contributed by atoms with Gasteiger partial charge in [-0.2, -0.15) is 0 Å². The van der Waals surface area contributed by atoms with Gasteiger partial charge in [-0.1, -0.05) is 30.3 Å². The van der Waals surface area contributed by atoms with Crippen LogP contribution in [0.1, 0.15) is 23.7 Å². The molecule has 0 saturated heterocycles. The van der Waals surface area contributed by atoms with E-state index >= 15 is 0 Å². The van der Waals surface area contributed by atoms with E-state index in [-0.39, 0.29) is 17.0 Å². The minimum Gasteiger partial charge on any atom is -0.506 e. The van der Waals surface area contributed by atoms with Gasteiger partial charge in [-0.3, -0.25) is 4.79 Å². The topological polar surface area (TPSA) is 49.3 Å². The Morgan fingerprint density at radius 1 is 1.32 bits per heavy atom. The fourth-order valence-electron chi connectivity index (χ4n) is 1.92. The zero-order chi connectivity index (χ0) is 13.8. The van der Waals surface area contributed by atoms with Gasteiger partial charge in [0.25, 0.3) is 5.91 Å². The molecule has 2 rings (SSSR count). The van der Waals surface area contributed by atoms with Crippen LogP contribution in [-0.2, 0) is 0 Å². The van der Waals surface area contributed by atoms with Crippen LogP contribution in [0, 0.1) is 0 Å². The van der Waals surface area contributed by atoms with Crippen molar-refractivity contribution in [3.05, 3.63) is 42.0 Å². The van der Waals surface area contributed by atoms with Crippen LogP contribution in [0.4, 0.5) is 0 Å². The molecule has 3 nitrogen and oxygen atoms in total. The highest BCUT2D eigenvalue weighted by atomic mass is 35.5. The summed E-state index contributed by atoms with van der Waals surface area (Å²) in [6.45, 7) is 2.37. The highest BCUT2D eigenvalue weighted by molar-refractivity contribution is 6.20. The fourth-order valence-corrected chi connectivity index (χ4v) is 2.03. The summed E-state index contributed by atoms with van der Waals surface area (Å²) in [6.07, 6.45) is 0.696. The number of rotatable bonds is 4. The molecule has 4 heteroatoms. The molecule has 2 aromatic rings. The second-order valence-electron chi connectivity index (χ2n) is 4.51. The van der Waals surface area contributed by atoms with Crippen LogP contribution in [0.2, 0.25) is 0 Å². The van der Waals surface area contributed by atoms with Gasteiger partial charge in [0.2, 0.25) is 0 Å². The molecule has 0 radical (unpaired) electrons. The van der Waals surface area contributed by atoms with E-state index in [9.17, 15) is 9.90 Å². The van der Waals surface area contributed by atoms with E-state index in [0.717, 1.165) is 5.39 Å². The van der Waals surface area contributed by atoms with Crippen molar-refractivity contribution in [3.8, 4) is 5.75 Å². The Morgan fingerprint density at radius 2 is 2.05 bits per heavy atom. The zero-order valence-electron chi connectivity index (χ0n) is 10.7. The maximum atomic E-state index is 12.0. The van der Waals surface area contributed by atoms with E-state index < -0.39 is 0 Å². The molecular formula is C15H16ClNO2. The first-order valence-corrected chi connectivity index (χ1v) is 6.66. The number of phenolic OH excluding ortho intramolecular Hbond substituents is 1. The molecule has 2 aromatic carbocycles. The Morgan fingerprint density at radius 3 is 2.79 bits per heavy atom. The summed E-state index contributed by atoms with van der Waals surface area (Å²) in [5.41, 5.74) is 0.293. The van der Waals surface area contributed by atoms with Crippen LogP contribution in [0.3, 0.4) is 0 Å². The van der Waals surface area contributed by atoms with Crippen molar-refractivity contribution in [3.63, 3.8) is 0 Å². The lowest BCUT2D eigenvalue weighted by Gasteiger charge is -2.09. The molecule has 0 spiro atoms. The number of phenols is 1. The highest BCUT2D eigenvalue weighted by Gasteiger charge is 2.13. The Labute approximate surface area is 117 Å². The van der Waals surface area contributed by atoms with Gasteiger partial charge >= 0.3 is 0 Å². The summed E-state index contributed by atoms with van der Waals surface area (Å²) < 4.78 is 0. The normalized spacial score (nSPS) is 12.3. The Bertz CT molecular complexity index is 596. The first-order chi connectivity index (χ1) is 9.09. The van der Waals surface area contributed by atoms with Gasteiger partial charge in [0.1, 0.15) is 5.75 Å². The lowest BCUT2D eigenvalue weighted by Crippen LogP contribution is -2.25. The van der Waals surface area contributed by atoms with Gasteiger partial charge in [0, 0.05) is 17.3 Å². The number of carbonyl (C=O) groups is 1. The molecule has 1 amide bonds. The maximum Gasteiger partial charge on any atom is 0.255 e. The summed E-state index contributed by atoms with van der Waals surface area (Å²) in [4.78, 5) is 12.0. The predicted molar refractivity (Wildman–Crippen MR) is 77.9 cm³/mol. The molecule has 0 saturated carbocycles. The quantitative estimate of drug-likeness (QED) is 0.843. The van der Waals surface area contributed by atoms with Crippen molar-refractivity contribution in [1.82, 2.24) is 5.32 Å². The van der Waals surface area contributed by atoms with Crippen LogP contribution >= 0.6 is 11.6 Å². The van der Waals surface area contributed by atoms with Crippen molar-refractivity contribution in [2.24, 2.45) is 0 Å². The molecule has 0 aliphatic carbocycles. The largest absolute Gasteiger partial charge is 0.506 e. The second kappa shape index (κ2) is 5.93. The number of hydrogen-bond donors (Lipinski definition) is 2. The van der Waals surface area contributed by atoms with Crippen LogP contribution in [-0.4, -0.2) is 22.9 Å². The third-order valence-electron chi connectivity index (χ3n) is 2.97. The SMILES string of the molecule is CC(Cl)CCNC(=O)c1ccc2ccccc2c1O. The fraction of sp³-hybridized carbons (Fsp3) is 0.267. The Hall–Kier alpha value is -1.74. The monoisotopic (exact) mass is 277 g/mol. The van der Waals surface area contributed by atoms with Crippen LogP contribution in [0.15, 0.2) is 36.4 Å². The van der Waals surface area contributed by atoms with E-state index in [2.05, 4.69) is 5.32 Å². The van der Waals surface area contributed by atoms with Crippen LogP contribution < -0.4 is 5.32 Å². The molecule has 0 aromatic heterocycles. The molecule has 19 heavy (non-hydrogen) atoms. The summed E-state index contributed by atoms with van der Waals surface area (Å²) >= 11 is 5.82. The Kier molecular flexibility index (Phi) is 4.27. The van der Waals surface area contributed by atoms with E-state index in [0.29, 0.717) is 23.9 Å². The van der Waals surface area contributed by atoms with Crippen LogP contribution in [0.5, 0.6) is 5.75 Å². The first kappa shape index (κ1) is 13.7. The first-order valence-electron chi connectivity index (χ1n) is 6.22. The van der Waals surface area contributed by atoms with Gasteiger partial charge in [-0.05, 0) is 24.8 Å². The number of halogens is 1. The highest BCUT2D eigenvalue weighted by Crippen LogP contribution is 2.28. The summed E-state index contributed by atoms with van der Waals surface area (Å²) in [6, 6.07) is 10.9. The molecular weight excluding hydrogens is 262 g/mol. The average Bonchev–Trinajstić information content (AvgIpc) is 2.39. The third-order valence-corrected chi connectivity index (χ3v) is 3.19. The van der Waals surface area contributed by atoms with Gasteiger partial charge in [0.15, 0.2) is 0 Å². The van der Waals surface area contributed by atoms with Gasteiger partial charge in [-0.25, -0.2) is 0 Å². The number of fused-ring (bicyclic) bond motifs is 1. The molecule has 100 valence electrons. The molecule has 0 aliphatic heterocycles. The Balaban J connectivity index is 2.20. The predicted octanol–water partition coefficient (Wildman–Crippen LogP) is 3.29. The second-order valence-corrected chi connectivity index (χ2v) is 5.25. The van der Waals surface area contributed by atoms with Gasteiger partial charge in [0.05, 0.1) is 5.56 Å². The average molecular weight is 278 g/mol. The standard InChI is InChI=1S/C15H16ClNO2/c1-10(16)8-9-17-15(19)13-7-6-11-4-2-3-5-12(11)14(13)18/h2-7,10,18H,8-9H2,1H3,(H,17,19). The molecule has 0 aliphatic rings. The van der Waals surface area contributed by atoms with Gasteiger partial charge < -0.3 is 10.4 Å². The van der Waals surface area contributed by atoms with Crippen molar-refractivity contribution in [1.29, 1.82) is 0 Å². The smallest absolute Gasteiger partial charge is 0.255 e. The minimum absolute atomic E-state index is 0.0190. The van der Waals surface area contributed by atoms with Crippen molar-refractivity contribution >= 4 is 28.3 Å². The van der Waals surface area contributed by atoms with E-state index in [1.807, 2.05) is 31.2 Å². The van der Waals surface area contributed by atoms with Crippen molar-refractivity contribution in [2.75, 3.05) is 6.54 Å². The van der Waals surface area contributed by atoms with E-state index in [1.165, 1.54) is 0 Å². The molecule has 0 heterocycles. The number of alkyl halides is 1. The number of benzene rings is 2. The molecule has 0 fully saturated rings. The molecule has 1 atom stereocenters. The number of aromatic hydroxyl groups is 1. The van der Waals surface area contributed by atoms with Crippen LogP contribution in [0.25, 0.3) is 10.8 Å². The molecule has 1 unspecified atom stereocenters. The molecule has 0 bridgehead atoms. The van der Waals surface area contributed by atoms with E-state index in [4.69, 9.17) is 11.6 Å². The van der Waals surface area contributed by atoms with E-state index in [1.54, 1.807) is 12.1 Å². The number of nitrogens with one attached hydrogen (secondary N) is 1. The minimum atomic E-state index is -0.277. The molecule has 2 N–H and O–H groups in total.